The summed E-state index contributed by atoms with van der Waals surface area (Å²) in [7, 11) is 5.49. The molecule has 6 nitrogen and oxygen atoms in total. The maximum absolute atomic E-state index is 5.61. The molecule has 6 heteroatoms. The van der Waals surface area contributed by atoms with Crippen LogP contribution >= 0.6 is 0 Å². The Kier molecular flexibility index (Phi) is 5.16. The Morgan fingerprint density at radius 1 is 1.33 bits per heavy atom. The van der Waals surface area contributed by atoms with E-state index in [9.17, 15) is 0 Å². The molecule has 0 aliphatic carbocycles. The van der Waals surface area contributed by atoms with E-state index in [0.717, 1.165) is 17.7 Å². The van der Waals surface area contributed by atoms with Crippen LogP contribution in [0.4, 0.5) is 6.01 Å². The number of hydrogen-bond acceptors (Lipinski definition) is 6. The molecule has 0 amide bonds. The highest BCUT2D eigenvalue weighted by Crippen LogP contribution is 2.22. The van der Waals surface area contributed by atoms with Gasteiger partial charge in [0.1, 0.15) is 5.75 Å². The number of benzene rings is 1. The molecule has 0 aliphatic heterocycles. The molecule has 1 atom stereocenters. The number of ether oxygens (including phenoxy) is 1. The Morgan fingerprint density at radius 2 is 2.10 bits per heavy atom. The van der Waals surface area contributed by atoms with E-state index in [0.29, 0.717) is 18.5 Å². The molecule has 0 bridgehead atoms. The lowest BCUT2D eigenvalue weighted by atomic mass is 10.1. The molecule has 2 aromatic rings. The molecule has 21 heavy (non-hydrogen) atoms. The van der Waals surface area contributed by atoms with Gasteiger partial charge in [-0.15, -0.1) is 5.10 Å². The van der Waals surface area contributed by atoms with Gasteiger partial charge in [-0.25, -0.2) is 0 Å². The maximum atomic E-state index is 5.61. The SMILES string of the molecule is CNCc1nnc(N(C)C(C)Cc2ccccc2OC)o1. The third-order valence-electron chi connectivity index (χ3n) is 3.45. The lowest BCUT2D eigenvalue weighted by Crippen LogP contribution is -2.31. The Morgan fingerprint density at radius 3 is 2.81 bits per heavy atom. The van der Waals surface area contributed by atoms with Crippen LogP contribution in [-0.2, 0) is 13.0 Å². The van der Waals surface area contributed by atoms with Crippen molar-refractivity contribution in [3.63, 3.8) is 0 Å². The third-order valence-corrected chi connectivity index (χ3v) is 3.45. The van der Waals surface area contributed by atoms with Crippen molar-refractivity contribution in [3.05, 3.63) is 35.7 Å². The fourth-order valence-corrected chi connectivity index (χ4v) is 2.13. The summed E-state index contributed by atoms with van der Waals surface area (Å²) in [5.74, 6) is 1.49. The minimum atomic E-state index is 0.212. The van der Waals surface area contributed by atoms with E-state index < -0.39 is 0 Å². The molecule has 0 fully saturated rings. The van der Waals surface area contributed by atoms with Crippen LogP contribution in [0.15, 0.2) is 28.7 Å². The zero-order chi connectivity index (χ0) is 15.2. The first-order chi connectivity index (χ1) is 10.2. The average Bonchev–Trinajstić information content (AvgIpc) is 2.96. The number of aromatic nitrogens is 2. The van der Waals surface area contributed by atoms with Crippen molar-refractivity contribution in [1.82, 2.24) is 15.5 Å². The number of para-hydroxylation sites is 1. The lowest BCUT2D eigenvalue weighted by molar-refractivity contribution is 0.407. The molecule has 0 spiro atoms. The molecule has 2 rings (SSSR count). The number of rotatable bonds is 7. The van der Waals surface area contributed by atoms with Gasteiger partial charge in [-0.3, -0.25) is 0 Å². The van der Waals surface area contributed by atoms with E-state index in [1.807, 2.05) is 37.2 Å². The van der Waals surface area contributed by atoms with E-state index >= 15 is 0 Å². The highest BCUT2D eigenvalue weighted by atomic mass is 16.5. The standard InChI is InChI=1S/C15H22N4O2/c1-11(9-12-7-5-6-8-13(12)20-4)19(3)15-18-17-14(21-15)10-16-2/h5-8,11,16H,9-10H2,1-4H3. The number of likely N-dealkylation sites (N-methyl/N-ethyl adjacent to an activating group) is 1. The van der Waals surface area contributed by atoms with Gasteiger partial charge in [0.15, 0.2) is 0 Å². The van der Waals surface area contributed by atoms with Gasteiger partial charge in [-0.05, 0) is 32.0 Å². The molecule has 1 unspecified atom stereocenters. The second-order valence-electron chi connectivity index (χ2n) is 4.98. The average molecular weight is 290 g/mol. The summed E-state index contributed by atoms with van der Waals surface area (Å²) in [6.07, 6.45) is 0.838. The Bertz CT molecular complexity index is 570. The highest BCUT2D eigenvalue weighted by molar-refractivity contribution is 5.35. The van der Waals surface area contributed by atoms with Crippen LogP contribution in [0.5, 0.6) is 5.75 Å². The van der Waals surface area contributed by atoms with Gasteiger partial charge in [-0.2, -0.15) is 0 Å². The van der Waals surface area contributed by atoms with Crippen molar-refractivity contribution < 1.29 is 9.15 Å². The van der Waals surface area contributed by atoms with E-state index in [1.165, 1.54) is 0 Å². The van der Waals surface area contributed by atoms with Gasteiger partial charge < -0.3 is 19.4 Å². The molecule has 0 radical (unpaired) electrons. The fraction of sp³-hybridized carbons (Fsp3) is 0.467. The lowest BCUT2D eigenvalue weighted by Gasteiger charge is -2.23. The van der Waals surface area contributed by atoms with Gasteiger partial charge in [0.25, 0.3) is 0 Å². The molecule has 114 valence electrons. The van der Waals surface area contributed by atoms with Crippen LogP contribution in [0.25, 0.3) is 0 Å². The predicted octanol–water partition coefficient (Wildman–Crippen LogP) is 1.86. The summed E-state index contributed by atoms with van der Waals surface area (Å²) >= 11 is 0. The summed E-state index contributed by atoms with van der Waals surface area (Å²) in [5, 5.41) is 11.1. The summed E-state index contributed by atoms with van der Waals surface area (Å²) in [4.78, 5) is 1.98. The summed E-state index contributed by atoms with van der Waals surface area (Å²) in [6, 6.07) is 8.77. The number of anilines is 1. The molecule has 1 aromatic carbocycles. The van der Waals surface area contributed by atoms with Gasteiger partial charge in [-0.1, -0.05) is 23.3 Å². The highest BCUT2D eigenvalue weighted by Gasteiger charge is 2.18. The first kappa shape index (κ1) is 15.3. The fourth-order valence-electron chi connectivity index (χ4n) is 2.13. The van der Waals surface area contributed by atoms with Crippen LogP contribution in [-0.4, -0.2) is 37.4 Å². The maximum Gasteiger partial charge on any atom is 0.318 e. The number of nitrogens with one attached hydrogen (secondary N) is 1. The van der Waals surface area contributed by atoms with Gasteiger partial charge in [0, 0.05) is 13.1 Å². The minimum absolute atomic E-state index is 0.212. The van der Waals surface area contributed by atoms with Crippen LogP contribution < -0.4 is 15.0 Å². The molecular weight excluding hydrogens is 268 g/mol. The molecule has 0 aliphatic rings. The monoisotopic (exact) mass is 290 g/mol. The first-order valence-electron chi connectivity index (χ1n) is 6.97. The zero-order valence-electron chi connectivity index (χ0n) is 13.0. The third kappa shape index (κ3) is 3.72. The quantitative estimate of drug-likeness (QED) is 0.840. The topological polar surface area (TPSA) is 63.4 Å². The van der Waals surface area contributed by atoms with Crippen LogP contribution in [0.3, 0.4) is 0 Å². The van der Waals surface area contributed by atoms with E-state index in [-0.39, 0.29) is 6.04 Å². The largest absolute Gasteiger partial charge is 0.496 e. The van der Waals surface area contributed by atoms with Crippen molar-refractivity contribution >= 4 is 6.01 Å². The van der Waals surface area contributed by atoms with Crippen LogP contribution in [0.2, 0.25) is 0 Å². The van der Waals surface area contributed by atoms with Crippen molar-refractivity contribution in [2.24, 2.45) is 0 Å². The van der Waals surface area contributed by atoms with E-state index in [2.05, 4.69) is 28.5 Å². The van der Waals surface area contributed by atoms with Crippen molar-refractivity contribution in [2.75, 3.05) is 26.1 Å². The second kappa shape index (κ2) is 7.08. The molecular formula is C15H22N4O2. The number of nitrogens with zero attached hydrogens (tertiary/aromatic N) is 3. The molecule has 0 saturated heterocycles. The first-order valence-corrected chi connectivity index (χ1v) is 6.97. The molecule has 1 aromatic heterocycles. The van der Waals surface area contributed by atoms with Crippen molar-refractivity contribution in [1.29, 1.82) is 0 Å². The number of hydrogen-bond donors (Lipinski definition) is 1. The normalized spacial score (nSPS) is 12.2. The zero-order valence-corrected chi connectivity index (χ0v) is 13.0. The molecule has 1 heterocycles. The van der Waals surface area contributed by atoms with Crippen molar-refractivity contribution in [3.8, 4) is 5.75 Å². The van der Waals surface area contributed by atoms with E-state index in [1.54, 1.807) is 7.11 Å². The van der Waals surface area contributed by atoms with E-state index in [4.69, 9.17) is 9.15 Å². The molecule has 1 N–H and O–H groups in total. The number of methoxy groups -OCH3 is 1. The van der Waals surface area contributed by atoms with Gasteiger partial charge in [0.05, 0.1) is 13.7 Å². The summed E-state index contributed by atoms with van der Waals surface area (Å²) in [5.41, 5.74) is 1.16. The summed E-state index contributed by atoms with van der Waals surface area (Å²) in [6.45, 7) is 2.69. The predicted molar refractivity (Wildman–Crippen MR) is 81.6 cm³/mol. The second-order valence-corrected chi connectivity index (χ2v) is 4.98. The van der Waals surface area contributed by atoms with Crippen molar-refractivity contribution in [2.45, 2.75) is 25.9 Å². The molecule has 0 saturated carbocycles. The van der Waals surface area contributed by atoms with Gasteiger partial charge in [0.2, 0.25) is 5.89 Å². The van der Waals surface area contributed by atoms with Crippen LogP contribution in [0, 0.1) is 0 Å². The smallest absolute Gasteiger partial charge is 0.318 e. The Balaban J connectivity index is 2.06. The minimum Gasteiger partial charge on any atom is -0.496 e. The van der Waals surface area contributed by atoms with Crippen LogP contribution in [0.1, 0.15) is 18.4 Å². The Labute approximate surface area is 125 Å². The van der Waals surface area contributed by atoms with Gasteiger partial charge >= 0.3 is 6.01 Å². The Hall–Kier alpha value is -2.08. The summed E-state index contributed by atoms with van der Waals surface area (Å²) < 4.78 is 11.0.